The third-order valence-electron chi connectivity index (χ3n) is 5.06. The predicted octanol–water partition coefficient (Wildman–Crippen LogP) is 4.05. The van der Waals surface area contributed by atoms with Crippen LogP contribution >= 0.6 is 11.6 Å². The zero-order valence-electron chi connectivity index (χ0n) is 14.5. The fourth-order valence-electron chi connectivity index (χ4n) is 3.83. The van der Waals surface area contributed by atoms with Gasteiger partial charge in [-0.2, -0.15) is 0 Å². The molecule has 0 bridgehead atoms. The highest BCUT2D eigenvalue weighted by Crippen LogP contribution is 2.33. The molecule has 0 saturated heterocycles. The van der Waals surface area contributed by atoms with Crippen LogP contribution in [0.5, 0.6) is 0 Å². The van der Waals surface area contributed by atoms with Gasteiger partial charge in [0.1, 0.15) is 11.3 Å². The molecule has 1 aliphatic carbocycles. The second-order valence-electron chi connectivity index (χ2n) is 6.70. The van der Waals surface area contributed by atoms with Gasteiger partial charge in [-0.15, -0.1) is 0 Å². The van der Waals surface area contributed by atoms with Crippen LogP contribution < -0.4 is 5.56 Å². The van der Waals surface area contributed by atoms with E-state index in [2.05, 4.69) is 9.97 Å². The molecule has 136 valence electrons. The average molecular weight is 374 g/mol. The Morgan fingerprint density at radius 2 is 2.08 bits per heavy atom. The molecule has 1 N–H and O–H groups in total. The Morgan fingerprint density at radius 3 is 2.81 bits per heavy atom. The first-order valence-corrected chi connectivity index (χ1v) is 9.38. The first-order valence-electron chi connectivity index (χ1n) is 9.00. The molecule has 1 fully saturated rings. The second-order valence-corrected chi connectivity index (χ2v) is 7.10. The van der Waals surface area contributed by atoms with Gasteiger partial charge in [-0.05, 0) is 31.9 Å². The van der Waals surface area contributed by atoms with E-state index < -0.39 is 5.97 Å². The smallest absolute Gasteiger partial charge is 0.339 e. The number of nitrogens with zero attached hydrogens (tertiary/aromatic N) is 2. The summed E-state index contributed by atoms with van der Waals surface area (Å²) in [6.45, 7) is 2.00. The Morgan fingerprint density at radius 1 is 1.31 bits per heavy atom. The number of esters is 1. The summed E-state index contributed by atoms with van der Waals surface area (Å²) in [4.78, 5) is 32.0. The number of aromatic amines is 1. The third kappa shape index (κ3) is 2.78. The molecular weight excluding hydrogens is 354 g/mol. The summed E-state index contributed by atoms with van der Waals surface area (Å²) < 4.78 is 6.94. The third-order valence-corrected chi connectivity index (χ3v) is 5.37. The molecule has 0 spiro atoms. The molecule has 7 heteroatoms. The van der Waals surface area contributed by atoms with Gasteiger partial charge >= 0.3 is 5.97 Å². The molecule has 1 saturated carbocycles. The minimum Gasteiger partial charge on any atom is -0.462 e. The van der Waals surface area contributed by atoms with Crippen LogP contribution in [-0.4, -0.2) is 26.9 Å². The summed E-state index contributed by atoms with van der Waals surface area (Å²) in [5.41, 5.74) is 1.80. The molecule has 26 heavy (non-hydrogen) atoms. The van der Waals surface area contributed by atoms with Crippen molar-refractivity contribution in [3.05, 3.63) is 45.1 Å². The molecule has 0 atom stereocenters. The summed E-state index contributed by atoms with van der Waals surface area (Å²) in [5, 5.41) is 0.299. The van der Waals surface area contributed by atoms with Crippen molar-refractivity contribution < 1.29 is 9.53 Å². The molecule has 1 aliphatic rings. The molecule has 2 heterocycles. The fraction of sp³-hybridized carbons (Fsp3) is 0.421. The van der Waals surface area contributed by atoms with Crippen molar-refractivity contribution in [2.45, 2.75) is 44.9 Å². The molecule has 0 aliphatic heterocycles. The number of H-pyrrole nitrogens is 1. The number of fused-ring (bicyclic) bond motifs is 3. The topological polar surface area (TPSA) is 76.5 Å². The van der Waals surface area contributed by atoms with Crippen molar-refractivity contribution in [3.8, 4) is 0 Å². The number of hydrogen-bond acceptors (Lipinski definition) is 4. The number of carbonyl (C=O) groups excluding carboxylic acids is 1. The number of nitrogens with one attached hydrogen (secondary N) is 1. The zero-order chi connectivity index (χ0) is 18.3. The van der Waals surface area contributed by atoms with E-state index in [1.54, 1.807) is 25.3 Å². The van der Waals surface area contributed by atoms with Crippen molar-refractivity contribution in [1.82, 2.24) is 14.4 Å². The van der Waals surface area contributed by atoms with E-state index in [9.17, 15) is 9.59 Å². The minimum atomic E-state index is -0.501. The molecule has 4 rings (SSSR count). The number of rotatable bonds is 3. The van der Waals surface area contributed by atoms with E-state index >= 15 is 0 Å². The quantitative estimate of drug-likeness (QED) is 0.702. The van der Waals surface area contributed by atoms with E-state index in [1.807, 2.05) is 4.40 Å². The monoisotopic (exact) mass is 373 g/mol. The van der Waals surface area contributed by atoms with Gasteiger partial charge in [0.05, 0.1) is 34.4 Å². The number of ether oxygens (including phenoxy) is 1. The van der Waals surface area contributed by atoms with Gasteiger partial charge in [0.25, 0.3) is 5.56 Å². The lowest BCUT2D eigenvalue weighted by atomic mass is 9.89. The lowest BCUT2D eigenvalue weighted by molar-refractivity contribution is 0.0526. The number of imidazole rings is 1. The first-order chi connectivity index (χ1) is 12.6. The Labute approximate surface area is 155 Å². The molecule has 0 amide bonds. The maximum atomic E-state index is 12.5. The van der Waals surface area contributed by atoms with Crippen molar-refractivity contribution in [2.24, 2.45) is 0 Å². The highest BCUT2D eigenvalue weighted by atomic mass is 35.5. The Balaban J connectivity index is 1.96. The van der Waals surface area contributed by atoms with Crippen LogP contribution in [0.4, 0.5) is 0 Å². The number of aromatic nitrogens is 3. The van der Waals surface area contributed by atoms with Crippen molar-refractivity contribution in [3.63, 3.8) is 0 Å². The molecule has 6 nitrogen and oxygen atoms in total. The van der Waals surface area contributed by atoms with Gasteiger partial charge in [0, 0.05) is 5.92 Å². The van der Waals surface area contributed by atoms with Crippen molar-refractivity contribution in [2.75, 3.05) is 6.61 Å². The predicted molar refractivity (Wildman–Crippen MR) is 100 cm³/mol. The molecule has 0 radical (unpaired) electrons. The standard InChI is InChI=1S/C19H20ClN3O3/c1-2-26-19(25)12-8-14-15(9-13(12)20)23-16(18(24)22-14)10-21-17(23)11-6-4-3-5-7-11/h8-11H,2-7H2,1H3,(H,22,24). The lowest BCUT2D eigenvalue weighted by Gasteiger charge is -2.21. The maximum Gasteiger partial charge on any atom is 0.339 e. The summed E-state index contributed by atoms with van der Waals surface area (Å²) in [7, 11) is 0. The molecule has 2 aromatic heterocycles. The van der Waals surface area contributed by atoms with Gasteiger partial charge in [0.2, 0.25) is 0 Å². The van der Waals surface area contributed by atoms with Gasteiger partial charge in [-0.1, -0.05) is 30.9 Å². The maximum absolute atomic E-state index is 12.5. The number of hydrogen-bond donors (Lipinski definition) is 1. The van der Waals surface area contributed by atoms with Crippen LogP contribution in [0.3, 0.4) is 0 Å². The van der Waals surface area contributed by atoms with E-state index in [4.69, 9.17) is 16.3 Å². The van der Waals surface area contributed by atoms with Crippen LogP contribution in [0.2, 0.25) is 5.02 Å². The highest BCUT2D eigenvalue weighted by Gasteiger charge is 2.23. The van der Waals surface area contributed by atoms with Gasteiger partial charge in [-0.25, -0.2) is 9.78 Å². The van der Waals surface area contributed by atoms with Gasteiger partial charge in [-0.3, -0.25) is 9.20 Å². The Kier molecular flexibility index (Phi) is 4.44. The van der Waals surface area contributed by atoms with Crippen LogP contribution in [0.15, 0.2) is 23.1 Å². The second kappa shape index (κ2) is 6.76. The number of benzene rings is 1. The Hall–Kier alpha value is -2.34. The molecule has 0 unspecified atom stereocenters. The van der Waals surface area contributed by atoms with Gasteiger partial charge in [0.15, 0.2) is 0 Å². The molecule has 3 aromatic rings. The summed E-state index contributed by atoms with van der Waals surface area (Å²) in [6, 6.07) is 3.29. The van der Waals surface area contributed by atoms with Crippen molar-refractivity contribution in [1.29, 1.82) is 0 Å². The lowest BCUT2D eigenvalue weighted by Crippen LogP contribution is -2.15. The minimum absolute atomic E-state index is 0.232. The van der Waals surface area contributed by atoms with Crippen molar-refractivity contribution >= 4 is 34.1 Å². The highest BCUT2D eigenvalue weighted by molar-refractivity contribution is 6.34. The largest absolute Gasteiger partial charge is 0.462 e. The van der Waals surface area contributed by atoms with Crippen LogP contribution in [0, 0.1) is 0 Å². The summed E-state index contributed by atoms with van der Waals surface area (Å²) >= 11 is 6.35. The normalized spacial score (nSPS) is 15.6. The van der Waals surface area contributed by atoms with Crippen LogP contribution in [0.25, 0.3) is 16.6 Å². The number of halogens is 1. The Bertz CT molecular complexity index is 1050. The SMILES string of the molecule is CCOC(=O)c1cc2[nH]c(=O)c3cnc(C4CCCCC4)n3c2cc1Cl. The number of carbonyl (C=O) groups is 1. The van der Waals surface area contributed by atoms with E-state index in [1.165, 1.54) is 19.3 Å². The van der Waals surface area contributed by atoms with E-state index in [-0.39, 0.29) is 17.7 Å². The molecule has 1 aromatic carbocycles. The zero-order valence-corrected chi connectivity index (χ0v) is 15.3. The van der Waals surface area contributed by atoms with E-state index in [0.29, 0.717) is 22.0 Å². The fourth-order valence-corrected chi connectivity index (χ4v) is 4.06. The average Bonchev–Trinajstić information content (AvgIpc) is 3.09. The van der Waals surface area contributed by atoms with Crippen LogP contribution in [0.1, 0.15) is 61.1 Å². The first kappa shape index (κ1) is 17.1. The summed E-state index contributed by atoms with van der Waals surface area (Å²) in [6.07, 6.45) is 7.36. The van der Waals surface area contributed by atoms with Gasteiger partial charge < -0.3 is 9.72 Å². The van der Waals surface area contributed by atoms with E-state index in [0.717, 1.165) is 24.2 Å². The summed E-state index contributed by atoms with van der Waals surface area (Å²) in [5.74, 6) is 0.731. The molecular formula is C19H20ClN3O3. The van der Waals surface area contributed by atoms with Crippen LogP contribution in [-0.2, 0) is 4.74 Å².